The van der Waals surface area contributed by atoms with Crippen LogP contribution in [0.15, 0.2) is 29.2 Å². The van der Waals surface area contributed by atoms with Crippen LogP contribution >= 0.6 is 22.9 Å². The number of nitrogens with one attached hydrogen (secondary N) is 1. The number of hydrogen-bond acceptors (Lipinski definition) is 4. The molecule has 0 amide bonds. The predicted octanol–water partition coefficient (Wildman–Crippen LogP) is 4.03. The molecule has 1 aromatic carbocycles. The minimum atomic E-state index is -3.62. The zero-order chi connectivity index (χ0) is 14.9. The summed E-state index contributed by atoms with van der Waals surface area (Å²) >= 11 is 7.12. The SMILES string of the molecule is Cc1nc(NS(=O)(=O)c2ccc(Cl)cc2)sc1C(C)C. The number of hydrogen-bond donors (Lipinski definition) is 1. The molecule has 0 atom stereocenters. The molecule has 0 saturated carbocycles. The molecule has 0 fully saturated rings. The van der Waals surface area contributed by atoms with Crippen LogP contribution in [0.25, 0.3) is 0 Å². The minimum absolute atomic E-state index is 0.167. The lowest BCUT2D eigenvalue weighted by molar-refractivity contribution is 0.601. The van der Waals surface area contributed by atoms with Gasteiger partial charge in [-0.1, -0.05) is 25.4 Å². The Morgan fingerprint density at radius 3 is 2.35 bits per heavy atom. The molecule has 1 N–H and O–H groups in total. The van der Waals surface area contributed by atoms with Gasteiger partial charge in [-0.15, -0.1) is 11.3 Å². The number of benzene rings is 1. The quantitative estimate of drug-likeness (QED) is 0.920. The average molecular weight is 331 g/mol. The van der Waals surface area contributed by atoms with E-state index in [0.29, 0.717) is 16.1 Å². The summed E-state index contributed by atoms with van der Waals surface area (Å²) in [4.78, 5) is 5.51. The maximum Gasteiger partial charge on any atom is 0.263 e. The number of anilines is 1. The van der Waals surface area contributed by atoms with Crippen LogP contribution < -0.4 is 4.72 Å². The molecule has 0 bridgehead atoms. The maximum atomic E-state index is 12.2. The number of rotatable bonds is 4. The van der Waals surface area contributed by atoms with Crippen molar-refractivity contribution < 1.29 is 8.42 Å². The molecule has 1 heterocycles. The van der Waals surface area contributed by atoms with Crippen LogP contribution in [0, 0.1) is 6.92 Å². The van der Waals surface area contributed by atoms with E-state index in [4.69, 9.17) is 11.6 Å². The fourth-order valence-corrected chi connectivity index (χ4v) is 4.10. The maximum absolute atomic E-state index is 12.2. The van der Waals surface area contributed by atoms with Crippen molar-refractivity contribution in [3.8, 4) is 0 Å². The number of aromatic nitrogens is 1. The Hall–Kier alpha value is -1.11. The van der Waals surface area contributed by atoms with E-state index in [9.17, 15) is 8.42 Å². The number of aryl methyl sites for hydroxylation is 1. The van der Waals surface area contributed by atoms with E-state index in [2.05, 4.69) is 23.6 Å². The summed E-state index contributed by atoms with van der Waals surface area (Å²) in [6, 6.07) is 6.02. The van der Waals surface area contributed by atoms with E-state index in [0.717, 1.165) is 10.6 Å². The lowest BCUT2D eigenvalue weighted by atomic mass is 10.1. The van der Waals surface area contributed by atoms with Gasteiger partial charge in [0.05, 0.1) is 10.6 Å². The highest BCUT2D eigenvalue weighted by Gasteiger charge is 2.18. The van der Waals surface area contributed by atoms with Crippen molar-refractivity contribution in [1.29, 1.82) is 0 Å². The third-order valence-electron chi connectivity index (χ3n) is 2.70. The lowest BCUT2D eigenvalue weighted by Gasteiger charge is -2.05. The van der Waals surface area contributed by atoms with Gasteiger partial charge in [-0.25, -0.2) is 13.4 Å². The molecule has 4 nitrogen and oxygen atoms in total. The summed E-state index contributed by atoms with van der Waals surface area (Å²) in [5.41, 5.74) is 0.860. The van der Waals surface area contributed by atoms with E-state index in [-0.39, 0.29) is 4.90 Å². The van der Waals surface area contributed by atoms with Crippen LogP contribution in [-0.2, 0) is 10.0 Å². The van der Waals surface area contributed by atoms with E-state index >= 15 is 0 Å². The van der Waals surface area contributed by atoms with E-state index < -0.39 is 10.0 Å². The number of nitrogens with zero attached hydrogens (tertiary/aromatic N) is 1. The highest BCUT2D eigenvalue weighted by molar-refractivity contribution is 7.93. The molecule has 2 rings (SSSR count). The van der Waals surface area contributed by atoms with Crippen LogP contribution in [0.1, 0.15) is 30.3 Å². The van der Waals surface area contributed by atoms with Crippen molar-refractivity contribution in [1.82, 2.24) is 4.98 Å². The molecular formula is C13H15ClN2O2S2. The van der Waals surface area contributed by atoms with E-state index in [1.165, 1.54) is 23.5 Å². The van der Waals surface area contributed by atoms with Gasteiger partial charge in [0.1, 0.15) is 0 Å². The Bertz CT molecular complexity index is 706. The summed E-state index contributed by atoms with van der Waals surface area (Å²) in [5, 5.41) is 0.886. The highest BCUT2D eigenvalue weighted by atomic mass is 35.5. The van der Waals surface area contributed by atoms with Gasteiger partial charge in [-0.05, 0) is 37.1 Å². The fraction of sp³-hybridized carbons (Fsp3) is 0.308. The lowest BCUT2D eigenvalue weighted by Crippen LogP contribution is -2.12. The van der Waals surface area contributed by atoms with Crippen molar-refractivity contribution in [3.63, 3.8) is 0 Å². The Morgan fingerprint density at radius 2 is 1.85 bits per heavy atom. The molecule has 0 spiro atoms. The zero-order valence-corrected chi connectivity index (χ0v) is 13.7. The monoisotopic (exact) mass is 330 g/mol. The Kier molecular flexibility index (Phi) is 4.36. The molecule has 0 unspecified atom stereocenters. The number of halogens is 1. The Labute approximate surface area is 127 Å². The third kappa shape index (κ3) is 3.31. The number of thiazole rings is 1. The Morgan fingerprint density at radius 1 is 1.25 bits per heavy atom. The van der Waals surface area contributed by atoms with Gasteiger partial charge in [-0.2, -0.15) is 0 Å². The molecule has 0 radical (unpaired) electrons. The van der Waals surface area contributed by atoms with Crippen molar-refractivity contribution in [2.75, 3.05) is 4.72 Å². The topological polar surface area (TPSA) is 59.1 Å². The van der Waals surface area contributed by atoms with Crippen molar-refractivity contribution in [3.05, 3.63) is 39.9 Å². The summed E-state index contributed by atoms with van der Waals surface area (Å²) in [5.74, 6) is 0.321. The first-order valence-electron chi connectivity index (χ1n) is 6.05. The van der Waals surface area contributed by atoms with Crippen molar-refractivity contribution in [2.24, 2.45) is 0 Å². The molecule has 0 aliphatic rings. The minimum Gasteiger partial charge on any atom is -0.255 e. The predicted molar refractivity (Wildman–Crippen MR) is 83.2 cm³/mol. The molecule has 0 aliphatic heterocycles. The van der Waals surface area contributed by atoms with Gasteiger partial charge >= 0.3 is 0 Å². The van der Waals surface area contributed by atoms with Crippen molar-refractivity contribution in [2.45, 2.75) is 31.6 Å². The van der Waals surface area contributed by atoms with Gasteiger partial charge in [-0.3, -0.25) is 4.72 Å². The smallest absolute Gasteiger partial charge is 0.255 e. The molecule has 0 aliphatic carbocycles. The highest BCUT2D eigenvalue weighted by Crippen LogP contribution is 2.30. The van der Waals surface area contributed by atoms with Gasteiger partial charge in [0, 0.05) is 9.90 Å². The zero-order valence-electron chi connectivity index (χ0n) is 11.3. The molecule has 7 heteroatoms. The first kappa shape index (κ1) is 15.3. The summed E-state index contributed by atoms with van der Waals surface area (Å²) in [7, 11) is -3.62. The molecule has 2 aromatic rings. The number of sulfonamides is 1. The van der Waals surface area contributed by atoms with Gasteiger partial charge in [0.15, 0.2) is 5.13 Å². The second-order valence-corrected chi connectivity index (χ2v) is 7.83. The standard InChI is InChI=1S/C13H15ClN2O2S2/c1-8(2)12-9(3)15-13(19-12)16-20(17,18)11-6-4-10(14)5-7-11/h4-8H,1-3H3,(H,15,16). The largest absolute Gasteiger partial charge is 0.263 e. The molecular weight excluding hydrogens is 316 g/mol. The van der Waals surface area contributed by atoms with Gasteiger partial charge in [0.2, 0.25) is 0 Å². The molecule has 1 aromatic heterocycles. The van der Waals surface area contributed by atoms with Crippen LogP contribution in [0.3, 0.4) is 0 Å². The second kappa shape index (κ2) is 5.71. The van der Waals surface area contributed by atoms with Crippen LogP contribution in [0.4, 0.5) is 5.13 Å². The first-order chi connectivity index (χ1) is 9.29. The molecule has 20 heavy (non-hydrogen) atoms. The summed E-state index contributed by atoms with van der Waals surface area (Å²) in [6.07, 6.45) is 0. The Balaban J connectivity index is 2.29. The normalized spacial score (nSPS) is 11.8. The summed E-state index contributed by atoms with van der Waals surface area (Å²) in [6.45, 7) is 5.99. The molecule has 108 valence electrons. The van der Waals surface area contributed by atoms with Crippen LogP contribution in [0.2, 0.25) is 5.02 Å². The fourth-order valence-electron chi connectivity index (χ4n) is 1.78. The first-order valence-corrected chi connectivity index (χ1v) is 8.73. The molecule has 0 saturated heterocycles. The third-order valence-corrected chi connectivity index (χ3v) is 5.81. The summed E-state index contributed by atoms with van der Waals surface area (Å²) < 4.78 is 26.9. The average Bonchev–Trinajstić information content (AvgIpc) is 2.70. The van der Waals surface area contributed by atoms with Gasteiger partial charge in [0.25, 0.3) is 10.0 Å². The van der Waals surface area contributed by atoms with E-state index in [1.54, 1.807) is 12.1 Å². The van der Waals surface area contributed by atoms with Crippen LogP contribution in [-0.4, -0.2) is 13.4 Å². The van der Waals surface area contributed by atoms with Crippen molar-refractivity contribution >= 4 is 38.1 Å². The second-order valence-electron chi connectivity index (χ2n) is 4.68. The van der Waals surface area contributed by atoms with Crippen LogP contribution in [0.5, 0.6) is 0 Å². The van der Waals surface area contributed by atoms with E-state index in [1.807, 2.05) is 6.92 Å². The van der Waals surface area contributed by atoms with Gasteiger partial charge < -0.3 is 0 Å².